The second-order valence-corrected chi connectivity index (χ2v) is 4.58. The molecule has 0 saturated carbocycles. The Kier molecular flexibility index (Phi) is 2.20. The van der Waals surface area contributed by atoms with Gasteiger partial charge in [-0.1, -0.05) is 17.7 Å². The molecule has 62 valence electrons. The van der Waals surface area contributed by atoms with Gasteiger partial charge < -0.3 is 0 Å². The molecule has 0 aliphatic rings. The molecule has 3 heteroatoms. The molecule has 0 radical (unpaired) electrons. The quantitative estimate of drug-likeness (QED) is 0.485. The second kappa shape index (κ2) is 3.00. The fourth-order valence-corrected chi connectivity index (χ4v) is 1.49. The third-order valence-corrected chi connectivity index (χ3v) is 2.88. The summed E-state index contributed by atoms with van der Waals surface area (Å²) in [5, 5.41) is 10.2. The Balaban J connectivity index is 3.26. The maximum absolute atomic E-state index is 11.4. The third-order valence-electron chi connectivity index (χ3n) is 1.55. The Morgan fingerprint density at radius 1 is 1.42 bits per heavy atom. The standard InChI is InChI=1S/C9H9NOS/c1-8-3-5-9(6-4-8)12(2,11)7-10/h3-6H,2H2,1H3. The minimum absolute atomic E-state index is 0.496. The Morgan fingerprint density at radius 3 is 2.33 bits per heavy atom. The van der Waals surface area contributed by atoms with E-state index in [9.17, 15) is 4.21 Å². The number of nitrogens with zero attached hydrogens (tertiary/aromatic N) is 1. The highest BCUT2D eigenvalue weighted by Gasteiger charge is 2.03. The van der Waals surface area contributed by atoms with Gasteiger partial charge >= 0.3 is 0 Å². The number of rotatable bonds is 1. The van der Waals surface area contributed by atoms with Gasteiger partial charge in [-0.05, 0) is 24.9 Å². The Labute approximate surface area is 72.5 Å². The first-order valence-electron chi connectivity index (χ1n) is 3.41. The molecule has 1 aromatic rings. The van der Waals surface area contributed by atoms with Crippen LogP contribution in [0, 0.1) is 17.6 Å². The van der Waals surface area contributed by atoms with E-state index in [1.54, 1.807) is 17.5 Å². The van der Waals surface area contributed by atoms with Crippen molar-refractivity contribution in [2.45, 2.75) is 11.8 Å². The summed E-state index contributed by atoms with van der Waals surface area (Å²) in [6.07, 6.45) is 0. The van der Waals surface area contributed by atoms with Crippen LogP contribution >= 0.6 is 0 Å². The molecule has 1 atom stereocenters. The van der Waals surface area contributed by atoms with Crippen molar-refractivity contribution in [1.29, 1.82) is 5.26 Å². The fourth-order valence-electron chi connectivity index (χ4n) is 0.811. The highest BCUT2D eigenvalue weighted by atomic mass is 32.2. The molecule has 2 nitrogen and oxygen atoms in total. The Hall–Kier alpha value is -1.27. The van der Waals surface area contributed by atoms with Crippen molar-refractivity contribution in [1.82, 2.24) is 0 Å². The summed E-state index contributed by atoms with van der Waals surface area (Å²) in [6.45, 7) is 1.93. The van der Waals surface area contributed by atoms with E-state index in [2.05, 4.69) is 5.87 Å². The van der Waals surface area contributed by atoms with Gasteiger partial charge in [-0.25, -0.2) is 4.21 Å². The van der Waals surface area contributed by atoms with Crippen molar-refractivity contribution >= 4 is 15.4 Å². The van der Waals surface area contributed by atoms with Gasteiger partial charge in [-0.3, -0.25) is 0 Å². The van der Waals surface area contributed by atoms with Crippen molar-refractivity contribution in [3.8, 4) is 5.40 Å². The predicted octanol–water partition coefficient (Wildman–Crippen LogP) is 1.55. The van der Waals surface area contributed by atoms with Crippen molar-refractivity contribution in [2.24, 2.45) is 0 Å². The first kappa shape index (κ1) is 8.82. The summed E-state index contributed by atoms with van der Waals surface area (Å²) in [4.78, 5) is 0.496. The van der Waals surface area contributed by atoms with Crippen LogP contribution in [0.3, 0.4) is 0 Å². The molecule has 0 heterocycles. The monoisotopic (exact) mass is 179 g/mol. The van der Waals surface area contributed by atoms with Crippen molar-refractivity contribution in [3.05, 3.63) is 29.8 Å². The van der Waals surface area contributed by atoms with E-state index < -0.39 is 9.52 Å². The average molecular weight is 179 g/mol. The van der Waals surface area contributed by atoms with Crippen molar-refractivity contribution in [2.75, 3.05) is 0 Å². The van der Waals surface area contributed by atoms with Gasteiger partial charge in [0.15, 0.2) is 5.40 Å². The van der Waals surface area contributed by atoms with E-state index in [1.807, 2.05) is 19.1 Å². The third kappa shape index (κ3) is 1.66. The van der Waals surface area contributed by atoms with E-state index in [-0.39, 0.29) is 0 Å². The van der Waals surface area contributed by atoms with Crippen LogP contribution in [-0.2, 0) is 9.52 Å². The van der Waals surface area contributed by atoms with Crippen molar-refractivity contribution < 1.29 is 4.21 Å². The fraction of sp³-hybridized carbons (Fsp3) is 0.111. The van der Waals surface area contributed by atoms with Crippen molar-refractivity contribution in [3.63, 3.8) is 0 Å². The molecule has 0 N–H and O–H groups in total. The molecular formula is C9H9NOS. The molecule has 1 aromatic carbocycles. The topological polar surface area (TPSA) is 40.9 Å². The second-order valence-electron chi connectivity index (χ2n) is 2.58. The number of hydrogen-bond acceptors (Lipinski definition) is 2. The van der Waals surface area contributed by atoms with Crippen LogP contribution in [0.4, 0.5) is 0 Å². The number of hydrogen-bond donors (Lipinski definition) is 0. The van der Waals surface area contributed by atoms with Gasteiger partial charge in [0.2, 0.25) is 0 Å². The Bertz CT molecular complexity index is 409. The van der Waals surface area contributed by atoms with Gasteiger partial charge in [-0.15, -0.1) is 0 Å². The lowest BCUT2D eigenvalue weighted by Gasteiger charge is -1.99. The molecule has 0 amide bonds. The minimum atomic E-state index is -2.71. The van der Waals surface area contributed by atoms with Crippen LogP contribution in [0.2, 0.25) is 0 Å². The maximum atomic E-state index is 11.4. The largest absolute Gasteiger partial charge is 0.248 e. The normalized spacial score (nSPS) is 14.7. The van der Waals surface area contributed by atoms with E-state index in [4.69, 9.17) is 5.26 Å². The maximum Gasteiger partial charge on any atom is 0.161 e. The molecule has 0 fully saturated rings. The first-order chi connectivity index (χ1) is 5.56. The molecule has 0 saturated heterocycles. The lowest BCUT2D eigenvalue weighted by molar-refractivity contribution is 0.687. The smallest absolute Gasteiger partial charge is 0.161 e. The van der Waals surface area contributed by atoms with E-state index >= 15 is 0 Å². The summed E-state index contributed by atoms with van der Waals surface area (Å²) < 4.78 is 11.4. The summed E-state index contributed by atoms with van der Waals surface area (Å²) >= 11 is 0. The average Bonchev–Trinajstić information content (AvgIpc) is 2.05. The zero-order valence-electron chi connectivity index (χ0n) is 6.78. The van der Waals surface area contributed by atoms with Crippen LogP contribution in [0.1, 0.15) is 5.56 Å². The van der Waals surface area contributed by atoms with Gasteiger partial charge in [0.05, 0.1) is 9.52 Å². The molecule has 0 aliphatic heterocycles. The van der Waals surface area contributed by atoms with Gasteiger partial charge in [-0.2, -0.15) is 5.26 Å². The molecule has 0 aliphatic carbocycles. The number of nitriles is 1. The lowest BCUT2D eigenvalue weighted by Crippen LogP contribution is -1.95. The van der Waals surface area contributed by atoms with Crippen LogP contribution in [0.15, 0.2) is 29.2 Å². The molecule has 12 heavy (non-hydrogen) atoms. The first-order valence-corrected chi connectivity index (χ1v) is 5.14. The van der Waals surface area contributed by atoms with Crippen LogP contribution < -0.4 is 0 Å². The molecule has 1 rings (SSSR count). The molecule has 0 spiro atoms. The van der Waals surface area contributed by atoms with Gasteiger partial charge in [0, 0.05) is 4.90 Å². The summed E-state index contributed by atoms with van der Waals surface area (Å²) in [7, 11) is -2.71. The van der Waals surface area contributed by atoms with E-state index in [0.29, 0.717) is 4.90 Å². The molecule has 0 aromatic heterocycles. The number of benzene rings is 1. The zero-order chi connectivity index (χ0) is 9.19. The summed E-state index contributed by atoms with van der Waals surface area (Å²) in [5.74, 6) is 3.36. The highest BCUT2D eigenvalue weighted by molar-refractivity contribution is 8.04. The van der Waals surface area contributed by atoms with Crippen LogP contribution in [-0.4, -0.2) is 10.1 Å². The lowest BCUT2D eigenvalue weighted by atomic mass is 10.2. The highest BCUT2D eigenvalue weighted by Crippen LogP contribution is 2.10. The molecule has 0 bridgehead atoms. The van der Waals surface area contributed by atoms with E-state index in [1.165, 1.54) is 0 Å². The predicted molar refractivity (Wildman–Crippen MR) is 50.3 cm³/mol. The summed E-state index contributed by atoms with van der Waals surface area (Å²) in [6, 6.07) is 6.98. The van der Waals surface area contributed by atoms with E-state index in [0.717, 1.165) is 5.56 Å². The number of aryl methyl sites for hydroxylation is 1. The zero-order valence-corrected chi connectivity index (χ0v) is 7.60. The van der Waals surface area contributed by atoms with Gasteiger partial charge in [0.25, 0.3) is 0 Å². The SMILES string of the molecule is C=S(=O)(C#N)c1ccc(C)cc1. The Morgan fingerprint density at radius 2 is 1.92 bits per heavy atom. The van der Waals surface area contributed by atoms with Crippen LogP contribution in [0.25, 0.3) is 0 Å². The number of thiocyanates is 1. The van der Waals surface area contributed by atoms with Crippen LogP contribution in [0.5, 0.6) is 0 Å². The van der Waals surface area contributed by atoms with Gasteiger partial charge in [0.1, 0.15) is 0 Å². The molecular weight excluding hydrogens is 170 g/mol. The minimum Gasteiger partial charge on any atom is -0.248 e. The summed E-state index contributed by atoms with van der Waals surface area (Å²) in [5.41, 5.74) is 1.08. The molecule has 1 unspecified atom stereocenters.